The molecular formula is C21H30FIN4O. The maximum Gasteiger partial charge on any atom is 0.191 e. The largest absolute Gasteiger partial charge is 0.497 e. The maximum absolute atomic E-state index is 13.3. The first-order valence-electron chi connectivity index (χ1n) is 9.10. The van der Waals surface area contributed by atoms with E-state index in [-0.39, 0.29) is 35.8 Å². The molecule has 0 fully saturated rings. The lowest BCUT2D eigenvalue weighted by Crippen LogP contribution is -2.41. The molecule has 7 heteroatoms. The van der Waals surface area contributed by atoms with Crippen LogP contribution in [0.25, 0.3) is 0 Å². The Hall–Kier alpha value is -1.87. The maximum atomic E-state index is 13.3. The number of aliphatic imine (C=N–C) groups is 1. The lowest BCUT2D eigenvalue weighted by Gasteiger charge is -2.26. The van der Waals surface area contributed by atoms with Gasteiger partial charge in [-0.25, -0.2) is 9.38 Å². The van der Waals surface area contributed by atoms with Gasteiger partial charge in [-0.3, -0.25) is 0 Å². The molecule has 1 unspecified atom stereocenters. The van der Waals surface area contributed by atoms with Crippen LogP contribution in [0.15, 0.2) is 53.5 Å². The quantitative estimate of drug-likeness (QED) is 0.329. The molecule has 154 valence electrons. The highest BCUT2D eigenvalue weighted by atomic mass is 127. The van der Waals surface area contributed by atoms with Gasteiger partial charge in [0, 0.05) is 13.1 Å². The highest BCUT2D eigenvalue weighted by Gasteiger charge is 2.15. The monoisotopic (exact) mass is 500 g/mol. The molecule has 0 radical (unpaired) electrons. The molecule has 0 saturated carbocycles. The van der Waals surface area contributed by atoms with Crippen LogP contribution in [0.4, 0.5) is 4.39 Å². The van der Waals surface area contributed by atoms with Crippen LogP contribution in [-0.2, 0) is 6.54 Å². The Morgan fingerprint density at radius 2 is 1.89 bits per heavy atom. The van der Waals surface area contributed by atoms with E-state index in [4.69, 9.17) is 4.74 Å². The fourth-order valence-electron chi connectivity index (χ4n) is 2.79. The highest BCUT2D eigenvalue weighted by Crippen LogP contribution is 2.22. The van der Waals surface area contributed by atoms with Crippen LogP contribution in [-0.4, -0.2) is 45.2 Å². The van der Waals surface area contributed by atoms with E-state index in [0.29, 0.717) is 19.0 Å². The molecule has 0 aliphatic rings. The minimum absolute atomic E-state index is 0. The number of ether oxygens (including phenoxy) is 1. The van der Waals surface area contributed by atoms with E-state index in [1.165, 1.54) is 12.1 Å². The van der Waals surface area contributed by atoms with Crippen molar-refractivity contribution in [2.24, 2.45) is 4.99 Å². The number of nitrogens with one attached hydrogen (secondary N) is 2. The Morgan fingerprint density at radius 3 is 2.54 bits per heavy atom. The third-order valence-corrected chi connectivity index (χ3v) is 4.22. The summed E-state index contributed by atoms with van der Waals surface area (Å²) in [4.78, 5) is 6.72. The van der Waals surface area contributed by atoms with Crippen molar-refractivity contribution in [3.05, 3.63) is 65.5 Å². The first-order valence-corrected chi connectivity index (χ1v) is 9.10. The smallest absolute Gasteiger partial charge is 0.191 e. The third-order valence-electron chi connectivity index (χ3n) is 4.22. The van der Waals surface area contributed by atoms with Gasteiger partial charge in [0.1, 0.15) is 11.6 Å². The van der Waals surface area contributed by atoms with E-state index < -0.39 is 0 Å². The summed E-state index contributed by atoms with van der Waals surface area (Å²) in [5, 5.41) is 6.62. The van der Waals surface area contributed by atoms with E-state index in [9.17, 15) is 4.39 Å². The molecule has 0 saturated heterocycles. The predicted molar refractivity (Wildman–Crippen MR) is 124 cm³/mol. The molecule has 2 aromatic carbocycles. The average molecular weight is 500 g/mol. The lowest BCUT2D eigenvalue weighted by atomic mass is 10.1. The molecular weight excluding hydrogens is 470 g/mol. The van der Waals surface area contributed by atoms with Crippen LogP contribution in [0.5, 0.6) is 5.75 Å². The first kappa shape index (κ1) is 24.2. The fourth-order valence-corrected chi connectivity index (χ4v) is 2.79. The number of hydrogen-bond donors (Lipinski definition) is 2. The van der Waals surface area contributed by atoms with Gasteiger partial charge in [-0.1, -0.05) is 24.3 Å². The molecule has 1 atom stereocenters. The SMILES string of the molecule is CCNC(=NCc1cccc(F)c1)NCC(c1cccc(OC)c1)N(C)C.I. The van der Waals surface area contributed by atoms with Gasteiger partial charge in [0.25, 0.3) is 0 Å². The van der Waals surface area contributed by atoms with Crippen molar-refractivity contribution in [2.75, 3.05) is 34.3 Å². The van der Waals surface area contributed by atoms with Crippen LogP contribution in [0, 0.1) is 5.82 Å². The molecule has 0 bridgehead atoms. The number of methoxy groups -OCH3 is 1. The van der Waals surface area contributed by atoms with Crippen LogP contribution >= 0.6 is 24.0 Å². The number of hydrogen-bond acceptors (Lipinski definition) is 3. The second-order valence-corrected chi connectivity index (χ2v) is 6.46. The van der Waals surface area contributed by atoms with Gasteiger partial charge in [0.05, 0.1) is 19.7 Å². The number of benzene rings is 2. The minimum atomic E-state index is -0.244. The molecule has 0 aliphatic heterocycles. The summed E-state index contributed by atoms with van der Waals surface area (Å²) in [5.41, 5.74) is 2.00. The van der Waals surface area contributed by atoms with E-state index in [2.05, 4.69) is 26.6 Å². The van der Waals surface area contributed by atoms with Crippen molar-refractivity contribution in [1.29, 1.82) is 0 Å². The Labute approximate surface area is 184 Å². The third kappa shape index (κ3) is 7.63. The number of halogens is 2. The van der Waals surface area contributed by atoms with Gasteiger partial charge in [0.15, 0.2) is 5.96 Å². The topological polar surface area (TPSA) is 48.9 Å². The number of nitrogens with zero attached hydrogens (tertiary/aromatic N) is 2. The summed E-state index contributed by atoms with van der Waals surface area (Å²) in [6.45, 7) is 3.86. The number of likely N-dealkylation sites (N-methyl/N-ethyl adjacent to an activating group) is 1. The van der Waals surface area contributed by atoms with E-state index in [1.807, 2.05) is 45.3 Å². The molecule has 2 rings (SSSR count). The summed E-state index contributed by atoms with van der Waals surface area (Å²) < 4.78 is 18.7. The van der Waals surface area contributed by atoms with Crippen LogP contribution in [0.2, 0.25) is 0 Å². The van der Waals surface area contributed by atoms with Gasteiger partial charge >= 0.3 is 0 Å². The summed E-state index contributed by atoms with van der Waals surface area (Å²) in [5.74, 6) is 1.30. The van der Waals surface area contributed by atoms with Gasteiger partial charge in [0.2, 0.25) is 0 Å². The van der Waals surface area contributed by atoms with Crippen molar-refractivity contribution in [2.45, 2.75) is 19.5 Å². The number of guanidine groups is 1. The molecule has 0 aliphatic carbocycles. The summed E-state index contributed by atoms with van der Waals surface area (Å²) in [6.07, 6.45) is 0. The normalized spacial score (nSPS) is 12.3. The summed E-state index contributed by atoms with van der Waals surface area (Å²) in [7, 11) is 5.76. The first-order chi connectivity index (χ1) is 13.0. The van der Waals surface area contributed by atoms with Gasteiger partial charge < -0.3 is 20.3 Å². The zero-order valence-electron chi connectivity index (χ0n) is 16.9. The number of rotatable bonds is 8. The average Bonchev–Trinajstić information content (AvgIpc) is 2.66. The van der Waals surface area contributed by atoms with Crippen LogP contribution in [0.1, 0.15) is 24.1 Å². The molecule has 0 spiro atoms. The Morgan fingerprint density at radius 1 is 1.14 bits per heavy atom. The molecule has 0 aromatic heterocycles. The van der Waals surface area contributed by atoms with Crippen molar-refractivity contribution in [3.8, 4) is 5.75 Å². The van der Waals surface area contributed by atoms with E-state index in [1.54, 1.807) is 13.2 Å². The molecule has 0 heterocycles. The van der Waals surface area contributed by atoms with Crippen molar-refractivity contribution in [1.82, 2.24) is 15.5 Å². The van der Waals surface area contributed by atoms with E-state index >= 15 is 0 Å². The molecule has 28 heavy (non-hydrogen) atoms. The zero-order valence-corrected chi connectivity index (χ0v) is 19.2. The van der Waals surface area contributed by atoms with Crippen molar-refractivity contribution < 1.29 is 9.13 Å². The summed E-state index contributed by atoms with van der Waals surface area (Å²) >= 11 is 0. The Bertz CT molecular complexity index is 755. The molecule has 0 amide bonds. The van der Waals surface area contributed by atoms with Gasteiger partial charge in [-0.15, -0.1) is 24.0 Å². The second kappa shape index (κ2) is 12.6. The van der Waals surface area contributed by atoms with Gasteiger partial charge in [-0.05, 0) is 56.4 Å². The molecule has 5 nitrogen and oxygen atoms in total. The second-order valence-electron chi connectivity index (χ2n) is 6.46. The molecule has 2 N–H and O–H groups in total. The van der Waals surface area contributed by atoms with Crippen LogP contribution in [0.3, 0.4) is 0 Å². The Kier molecular flexibility index (Phi) is 10.8. The predicted octanol–water partition coefficient (Wildman–Crippen LogP) is 3.81. The molecule has 2 aromatic rings. The minimum Gasteiger partial charge on any atom is -0.497 e. The summed E-state index contributed by atoms with van der Waals surface area (Å²) in [6, 6.07) is 14.7. The van der Waals surface area contributed by atoms with Crippen molar-refractivity contribution in [3.63, 3.8) is 0 Å². The fraction of sp³-hybridized carbons (Fsp3) is 0.381. The highest BCUT2D eigenvalue weighted by molar-refractivity contribution is 14.0. The standard InChI is InChI=1S/C21H29FN4O.HI/c1-5-23-21(24-14-16-8-6-10-18(22)12-16)25-15-20(26(2)3)17-9-7-11-19(13-17)27-4;/h6-13,20H,5,14-15H2,1-4H3,(H2,23,24,25);1H. The zero-order chi connectivity index (χ0) is 19.6. The Balaban J connectivity index is 0.00000392. The van der Waals surface area contributed by atoms with E-state index in [0.717, 1.165) is 23.4 Å². The lowest BCUT2D eigenvalue weighted by molar-refractivity contribution is 0.297. The van der Waals surface area contributed by atoms with Crippen molar-refractivity contribution >= 4 is 29.9 Å². The van der Waals surface area contributed by atoms with Crippen LogP contribution < -0.4 is 15.4 Å². The van der Waals surface area contributed by atoms with Gasteiger partial charge in [-0.2, -0.15) is 0 Å².